The number of nitrogens with zero attached hydrogens (tertiary/aromatic N) is 1. The highest BCUT2D eigenvalue weighted by Gasteiger charge is 2.15. The second-order valence-electron chi connectivity index (χ2n) is 8.83. The first-order valence-corrected chi connectivity index (χ1v) is 13.6. The van der Waals surface area contributed by atoms with Crippen molar-refractivity contribution in [2.45, 2.75) is 13.5 Å². The van der Waals surface area contributed by atoms with Crippen LogP contribution in [0.5, 0.6) is 17.2 Å². The molecule has 7 heteroatoms. The van der Waals surface area contributed by atoms with Crippen LogP contribution in [0, 0.1) is 3.57 Å². The lowest BCUT2D eigenvalue weighted by Crippen LogP contribution is -2.18. The maximum absolute atomic E-state index is 12.9. The molecule has 0 bridgehead atoms. The summed E-state index contributed by atoms with van der Waals surface area (Å²) >= 11 is 2.23. The fourth-order valence-corrected chi connectivity index (χ4v) is 5.12. The standard InChI is InChI=1S/C32H27IN2O4/c1-3-38-30-16-22(15-28(33)31(30)39-20-21-12-13-23-8-4-5-9-24(23)14-21)19-34-35-32(36)27-17-25-10-6-7-11-26(25)18-29(27)37-2/h4-19H,3,20H2,1-2H3,(H,35,36)/b34-19-. The average molecular weight is 630 g/mol. The average Bonchev–Trinajstić information content (AvgIpc) is 2.96. The van der Waals surface area contributed by atoms with Gasteiger partial charge in [-0.15, -0.1) is 0 Å². The van der Waals surface area contributed by atoms with Gasteiger partial charge in [-0.1, -0.05) is 60.7 Å². The van der Waals surface area contributed by atoms with E-state index in [-0.39, 0.29) is 5.91 Å². The number of hydrogen-bond acceptors (Lipinski definition) is 5. The van der Waals surface area contributed by atoms with Crippen molar-refractivity contribution < 1.29 is 19.0 Å². The van der Waals surface area contributed by atoms with Gasteiger partial charge in [-0.2, -0.15) is 5.10 Å². The molecule has 5 rings (SSSR count). The fraction of sp³-hybridized carbons (Fsp3) is 0.125. The third-order valence-corrected chi connectivity index (χ3v) is 7.02. The lowest BCUT2D eigenvalue weighted by Gasteiger charge is -2.15. The molecule has 1 N–H and O–H groups in total. The Morgan fingerprint density at radius 3 is 2.26 bits per heavy atom. The molecule has 39 heavy (non-hydrogen) atoms. The van der Waals surface area contributed by atoms with Crippen LogP contribution in [0.15, 0.2) is 96.1 Å². The van der Waals surface area contributed by atoms with Gasteiger partial charge >= 0.3 is 0 Å². The molecule has 0 saturated heterocycles. The number of nitrogens with one attached hydrogen (secondary N) is 1. The third-order valence-electron chi connectivity index (χ3n) is 6.22. The smallest absolute Gasteiger partial charge is 0.275 e. The summed E-state index contributed by atoms with van der Waals surface area (Å²) in [7, 11) is 1.55. The number of benzene rings is 5. The zero-order valence-electron chi connectivity index (χ0n) is 21.6. The van der Waals surface area contributed by atoms with Crippen LogP contribution in [-0.2, 0) is 6.61 Å². The van der Waals surface area contributed by atoms with Crippen molar-refractivity contribution in [3.8, 4) is 17.2 Å². The molecule has 196 valence electrons. The molecule has 0 aliphatic heterocycles. The molecule has 0 fully saturated rings. The molecule has 0 spiro atoms. The second kappa shape index (κ2) is 12.2. The topological polar surface area (TPSA) is 69.2 Å². The summed E-state index contributed by atoms with van der Waals surface area (Å²) in [5.41, 5.74) is 4.87. The van der Waals surface area contributed by atoms with Crippen molar-refractivity contribution in [2.75, 3.05) is 13.7 Å². The van der Waals surface area contributed by atoms with Crippen LogP contribution in [0.3, 0.4) is 0 Å². The minimum absolute atomic E-state index is 0.357. The number of amides is 1. The summed E-state index contributed by atoms with van der Waals surface area (Å²) in [6.07, 6.45) is 1.59. The normalized spacial score (nSPS) is 11.2. The van der Waals surface area contributed by atoms with Gasteiger partial charge < -0.3 is 14.2 Å². The molecule has 0 atom stereocenters. The first-order chi connectivity index (χ1) is 19.1. The fourth-order valence-electron chi connectivity index (χ4n) is 4.34. The quantitative estimate of drug-likeness (QED) is 0.105. The summed E-state index contributed by atoms with van der Waals surface area (Å²) < 4.78 is 18.4. The molecule has 5 aromatic rings. The van der Waals surface area contributed by atoms with Crippen LogP contribution in [0.25, 0.3) is 21.5 Å². The maximum Gasteiger partial charge on any atom is 0.275 e. The van der Waals surface area contributed by atoms with E-state index in [2.05, 4.69) is 63.4 Å². The Bertz CT molecular complexity index is 1680. The van der Waals surface area contributed by atoms with E-state index in [1.807, 2.05) is 61.5 Å². The minimum Gasteiger partial charge on any atom is -0.496 e. The highest BCUT2D eigenvalue weighted by Crippen LogP contribution is 2.35. The monoisotopic (exact) mass is 630 g/mol. The Kier molecular flexibility index (Phi) is 8.27. The van der Waals surface area contributed by atoms with Crippen molar-refractivity contribution in [3.05, 3.63) is 111 Å². The number of ether oxygens (including phenoxy) is 3. The van der Waals surface area contributed by atoms with Crippen molar-refractivity contribution in [3.63, 3.8) is 0 Å². The van der Waals surface area contributed by atoms with Crippen LogP contribution in [-0.4, -0.2) is 25.8 Å². The first-order valence-electron chi connectivity index (χ1n) is 12.5. The first kappa shape index (κ1) is 26.5. The maximum atomic E-state index is 12.9. The molecule has 5 aromatic carbocycles. The highest BCUT2D eigenvalue weighted by atomic mass is 127. The van der Waals surface area contributed by atoms with Crippen molar-refractivity contribution in [2.24, 2.45) is 5.10 Å². The second-order valence-corrected chi connectivity index (χ2v) is 9.99. The largest absolute Gasteiger partial charge is 0.496 e. The molecular weight excluding hydrogens is 603 g/mol. The van der Waals surface area contributed by atoms with Crippen LogP contribution >= 0.6 is 22.6 Å². The SMILES string of the molecule is CCOc1cc(/C=N\NC(=O)c2cc3ccccc3cc2OC)cc(I)c1OCc1ccc2ccccc2c1. The number of methoxy groups -OCH3 is 1. The molecule has 0 heterocycles. The molecule has 0 radical (unpaired) electrons. The van der Waals surface area contributed by atoms with E-state index in [0.717, 1.165) is 25.5 Å². The van der Waals surface area contributed by atoms with Gasteiger partial charge in [-0.05, 0) is 92.5 Å². The number of rotatable bonds is 9. The number of fused-ring (bicyclic) bond motifs is 2. The highest BCUT2D eigenvalue weighted by molar-refractivity contribution is 14.1. The van der Waals surface area contributed by atoms with Gasteiger partial charge in [0.1, 0.15) is 12.4 Å². The summed E-state index contributed by atoms with van der Waals surface area (Å²) in [6, 6.07) is 29.8. The van der Waals surface area contributed by atoms with E-state index in [1.54, 1.807) is 19.4 Å². The van der Waals surface area contributed by atoms with E-state index in [4.69, 9.17) is 14.2 Å². The van der Waals surface area contributed by atoms with Crippen molar-refractivity contribution >= 4 is 56.3 Å². The minimum atomic E-state index is -0.357. The van der Waals surface area contributed by atoms with E-state index >= 15 is 0 Å². The Hall–Kier alpha value is -4.11. The zero-order chi connectivity index (χ0) is 27.2. The van der Waals surface area contributed by atoms with E-state index in [0.29, 0.717) is 36.0 Å². The molecule has 0 saturated carbocycles. The summed E-state index contributed by atoms with van der Waals surface area (Å²) in [5, 5.41) is 8.50. The summed E-state index contributed by atoms with van der Waals surface area (Å²) in [4.78, 5) is 12.9. The van der Waals surface area contributed by atoms with Crippen molar-refractivity contribution in [1.29, 1.82) is 0 Å². The van der Waals surface area contributed by atoms with Gasteiger partial charge in [0.05, 0.1) is 29.1 Å². The van der Waals surface area contributed by atoms with Gasteiger partial charge in [-0.3, -0.25) is 4.79 Å². The van der Waals surface area contributed by atoms with Crippen LogP contribution < -0.4 is 19.6 Å². The van der Waals surface area contributed by atoms with Gasteiger partial charge in [0.15, 0.2) is 11.5 Å². The Morgan fingerprint density at radius 2 is 1.54 bits per heavy atom. The van der Waals surface area contributed by atoms with Gasteiger partial charge in [0.2, 0.25) is 0 Å². The Balaban J connectivity index is 1.31. The van der Waals surface area contributed by atoms with Gasteiger partial charge in [0.25, 0.3) is 5.91 Å². The predicted molar refractivity (Wildman–Crippen MR) is 164 cm³/mol. The molecule has 0 aliphatic carbocycles. The molecule has 6 nitrogen and oxygen atoms in total. The van der Waals surface area contributed by atoms with Crippen molar-refractivity contribution in [1.82, 2.24) is 5.43 Å². The molecule has 0 aromatic heterocycles. The lowest BCUT2D eigenvalue weighted by molar-refractivity contribution is 0.0952. The van der Waals surface area contributed by atoms with Gasteiger partial charge in [-0.25, -0.2) is 5.43 Å². The third kappa shape index (κ3) is 6.15. The van der Waals surface area contributed by atoms with Crippen LogP contribution in [0.4, 0.5) is 0 Å². The molecule has 0 unspecified atom stereocenters. The molecule has 1 amide bonds. The van der Waals surface area contributed by atoms with Gasteiger partial charge in [0, 0.05) is 0 Å². The number of halogens is 1. The van der Waals surface area contributed by atoms with E-state index in [9.17, 15) is 4.79 Å². The molecular formula is C32H27IN2O4. The van der Waals surface area contributed by atoms with E-state index < -0.39 is 0 Å². The Morgan fingerprint density at radius 1 is 0.846 bits per heavy atom. The van der Waals surface area contributed by atoms with Crippen LogP contribution in [0.2, 0.25) is 0 Å². The van der Waals surface area contributed by atoms with E-state index in [1.165, 1.54) is 10.8 Å². The molecule has 0 aliphatic rings. The number of carbonyl (C=O) groups is 1. The zero-order valence-corrected chi connectivity index (χ0v) is 23.8. The Labute approximate surface area is 240 Å². The predicted octanol–water partition coefficient (Wildman–Crippen LogP) is 7.35. The van der Waals surface area contributed by atoms with Crippen LogP contribution in [0.1, 0.15) is 28.4 Å². The number of hydrogen-bond donors (Lipinski definition) is 1. The summed E-state index contributed by atoms with van der Waals surface area (Å²) in [5.74, 6) is 1.42. The number of carbonyl (C=O) groups excluding carboxylic acids is 1. The number of hydrazone groups is 1. The summed E-state index contributed by atoms with van der Waals surface area (Å²) in [6.45, 7) is 2.83. The lowest BCUT2D eigenvalue weighted by atomic mass is 10.1.